The first kappa shape index (κ1) is 19.8. The average Bonchev–Trinajstić information content (AvgIpc) is 2.59. The molecule has 0 unspecified atom stereocenters. The zero-order valence-corrected chi connectivity index (χ0v) is 14.9. The van der Waals surface area contributed by atoms with Crippen molar-refractivity contribution in [3.8, 4) is 0 Å². The summed E-state index contributed by atoms with van der Waals surface area (Å²) in [4.78, 5) is 38.8. The number of carbonyl (C=O) groups is 3. The molecule has 142 valence electrons. The summed E-state index contributed by atoms with van der Waals surface area (Å²) >= 11 is 0. The van der Waals surface area contributed by atoms with Crippen LogP contribution in [0.5, 0.6) is 0 Å². The molecule has 1 aromatic carbocycles. The first-order valence-electron chi connectivity index (χ1n) is 8.55. The van der Waals surface area contributed by atoms with Crippen molar-refractivity contribution in [3.63, 3.8) is 0 Å². The molecule has 8 heteroatoms. The van der Waals surface area contributed by atoms with Crippen molar-refractivity contribution in [1.29, 1.82) is 0 Å². The van der Waals surface area contributed by atoms with Gasteiger partial charge in [-0.1, -0.05) is 6.07 Å². The number of rotatable bonds is 5. The lowest BCUT2D eigenvalue weighted by Crippen LogP contribution is -2.50. The van der Waals surface area contributed by atoms with Gasteiger partial charge >= 0.3 is 0 Å². The van der Waals surface area contributed by atoms with Crippen LogP contribution >= 0.6 is 0 Å². The molecule has 0 saturated carbocycles. The lowest BCUT2D eigenvalue weighted by Gasteiger charge is -2.34. The summed E-state index contributed by atoms with van der Waals surface area (Å²) in [6.45, 7) is 4.99. The van der Waals surface area contributed by atoms with Gasteiger partial charge < -0.3 is 15.1 Å². The van der Waals surface area contributed by atoms with Crippen LogP contribution in [0.4, 0.5) is 8.78 Å². The Morgan fingerprint density at radius 3 is 2.27 bits per heavy atom. The van der Waals surface area contributed by atoms with E-state index in [4.69, 9.17) is 0 Å². The first-order chi connectivity index (χ1) is 12.3. The minimum absolute atomic E-state index is 0.0150. The van der Waals surface area contributed by atoms with Gasteiger partial charge in [-0.3, -0.25) is 14.4 Å². The van der Waals surface area contributed by atoms with Gasteiger partial charge in [0.1, 0.15) is 11.6 Å². The monoisotopic (exact) mass is 367 g/mol. The Bertz CT molecular complexity index is 688. The molecule has 0 bridgehead atoms. The Hall–Kier alpha value is -2.51. The number of amides is 3. The molecule has 1 saturated heterocycles. The van der Waals surface area contributed by atoms with Crippen molar-refractivity contribution >= 4 is 17.7 Å². The second-order valence-electron chi connectivity index (χ2n) is 6.34. The van der Waals surface area contributed by atoms with Gasteiger partial charge in [0.25, 0.3) is 0 Å². The summed E-state index contributed by atoms with van der Waals surface area (Å²) in [5.74, 6) is -1.95. The summed E-state index contributed by atoms with van der Waals surface area (Å²) < 4.78 is 26.7. The second kappa shape index (κ2) is 8.73. The number of hydrogen-bond donors (Lipinski definition) is 1. The molecule has 1 atom stereocenters. The van der Waals surface area contributed by atoms with Crippen LogP contribution < -0.4 is 5.32 Å². The summed E-state index contributed by atoms with van der Waals surface area (Å²) in [5.41, 5.74) is 0.187. The topological polar surface area (TPSA) is 69.7 Å². The standard InChI is InChI=1S/C18H23F2N3O3/c1-12(15-4-3-14(19)11-16(15)20)21-17(25)5-6-18(26)23-9-7-22(8-10-23)13(2)24/h3-4,11-12H,5-10H2,1-2H3,(H,21,25)/t12-/m1/s1. The third kappa shape index (κ3) is 5.24. The van der Waals surface area contributed by atoms with Gasteiger partial charge in [0, 0.05) is 57.6 Å². The van der Waals surface area contributed by atoms with Gasteiger partial charge in [0.05, 0.1) is 6.04 Å². The van der Waals surface area contributed by atoms with E-state index in [9.17, 15) is 23.2 Å². The van der Waals surface area contributed by atoms with Crippen LogP contribution in [-0.2, 0) is 14.4 Å². The molecule has 0 radical (unpaired) electrons. The summed E-state index contributed by atoms with van der Waals surface area (Å²) in [5, 5.41) is 2.61. The van der Waals surface area contributed by atoms with Gasteiger partial charge in [0.15, 0.2) is 0 Å². The molecule has 0 spiro atoms. The molecule has 1 N–H and O–H groups in total. The van der Waals surface area contributed by atoms with E-state index >= 15 is 0 Å². The predicted octanol–water partition coefficient (Wildman–Crippen LogP) is 1.61. The zero-order valence-electron chi connectivity index (χ0n) is 14.9. The molecular weight excluding hydrogens is 344 g/mol. The molecule has 6 nitrogen and oxygen atoms in total. The number of carbonyl (C=O) groups excluding carboxylic acids is 3. The van der Waals surface area contributed by atoms with Crippen LogP contribution in [-0.4, -0.2) is 53.7 Å². The Kier molecular flexibility index (Phi) is 6.65. The van der Waals surface area contributed by atoms with Crippen molar-refractivity contribution in [1.82, 2.24) is 15.1 Å². The Morgan fingerprint density at radius 2 is 1.69 bits per heavy atom. The predicted molar refractivity (Wildman–Crippen MR) is 91.0 cm³/mol. The third-order valence-corrected chi connectivity index (χ3v) is 4.45. The van der Waals surface area contributed by atoms with E-state index < -0.39 is 17.7 Å². The molecule has 3 amide bonds. The van der Waals surface area contributed by atoms with E-state index in [2.05, 4.69) is 5.32 Å². The molecule has 1 heterocycles. The Morgan fingerprint density at radius 1 is 1.08 bits per heavy atom. The van der Waals surface area contributed by atoms with Crippen LogP contribution in [0.2, 0.25) is 0 Å². The maximum absolute atomic E-state index is 13.7. The molecule has 1 fully saturated rings. The minimum Gasteiger partial charge on any atom is -0.349 e. The van der Waals surface area contributed by atoms with Crippen LogP contribution in [0.15, 0.2) is 18.2 Å². The van der Waals surface area contributed by atoms with Crippen molar-refractivity contribution < 1.29 is 23.2 Å². The van der Waals surface area contributed by atoms with E-state index in [-0.39, 0.29) is 36.1 Å². The minimum atomic E-state index is -0.725. The SMILES string of the molecule is CC(=O)N1CCN(C(=O)CCC(=O)N[C@H](C)c2ccc(F)cc2F)CC1. The van der Waals surface area contributed by atoms with E-state index in [0.717, 1.165) is 12.1 Å². The van der Waals surface area contributed by atoms with E-state index in [0.29, 0.717) is 26.2 Å². The highest BCUT2D eigenvalue weighted by Gasteiger charge is 2.23. The molecule has 2 rings (SSSR count). The highest BCUT2D eigenvalue weighted by atomic mass is 19.1. The normalized spacial score (nSPS) is 15.5. The summed E-state index contributed by atoms with van der Waals surface area (Å²) in [6.07, 6.45) is 0.0312. The maximum Gasteiger partial charge on any atom is 0.223 e. The van der Waals surface area contributed by atoms with E-state index in [1.54, 1.807) is 16.7 Å². The van der Waals surface area contributed by atoms with Crippen molar-refractivity contribution in [3.05, 3.63) is 35.4 Å². The fourth-order valence-corrected chi connectivity index (χ4v) is 2.89. The van der Waals surface area contributed by atoms with Gasteiger partial charge in [-0.05, 0) is 13.0 Å². The maximum atomic E-state index is 13.7. The van der Waals surface area contributed by atoms with E-state index in [1.807, 2.05) is 0 Å². The Balaban J connectivity index is 1.77. The third-order valence-electron chi connectivity index (χ3n) is 4.45. The highest BCUT2D eigenvalue weighted by Crippen LogP contribution is 2.18. The van der Waals surface area contributed by atoms with E-state index in [1.165, 1.54) is 13.0 Å². The first-order valence-corrected chi connectivity index (χ1v) is 8.55. The molecule has 1 aliphatic heterocycles. The van der Waals surface area contributed by atoms with Crippen LogP contribution in [0, 0.1) is 11.6 Å². The van der Waals surface area contributed by atoms with Gasteiger partial charge in [-0.2, -0.15) is 0 Å². The summed E-state index contributed by atoms with van der Waals surface area (Å²) in [7, 11) is 0. The van der Waals surface area contributed by atoms with Crippen molar-refractivity contribution in [2.24, 2.45) is 0 Å². The fraction of sp³-hybridized carbons (Fsp3) is 0.500. The van der Waals surface area contributed by atoms with Crippen LogP contribution in [0.3, 0.4) is 0 Å². The second-order valence-corrected chi connectivity index (χ2v) is 6.34. The van der Waals surface area contributed by atoms with Crippen LogP contribution in [0.1, 0.15) is 38.3 Å². The lowest BCUT2D eigenvalue weighted by molar-refractivity contribution is -0.139. The van der Waals surface area contributed by atoms with Gasteiger partial charge in [-0.25, -0.2) is 8.78 Å². The largest absolute Gasteiger partial charge is 0.349 e. The molecule has 0 aliphatic carbocycles. The number of benzene rings is 1. The highest BCUT2D eigenvalue weighted by molar-refractivity contribution is 5.84. The van der Waals surface area contributed by atoms with Gasteiger partial charge in [-0.15, -0.1) is 0 Å². The summed E-state index contributed by atoms with van der Waals surface area (Å²) in [6, 6.07) is 2.56. The number of halogens is 2. The molecule has 1 aliphatic rings. The lowest BCUT2D eigenvalue weighted by atomic mass is 10.1. The average molecular weight is 367 g/mol. The number of piperazine rings is 1. The Labute approximate surface area is 151 Å². The van der Waals surface area contributed by atoms with Crippen LogP contribution in [0.25, 0.3) is 0 Å². The fourth-order valence-electron chi connectivity index (χ4n) is 2.89. The number of nitrogens with one attached hydrogen (secondary N) is 1. The number of nitrogens with zero attached hydrogens (tertiary/aromatic N) is 2. The molecule has 26 heavy (non-hydrogen) atoms. The van der Waals surface area contributed by atoms with Crippen molar-refractivity contribution in [2.45, 2.75) is 32.7 Å². The van der Waals surface area contributed by atoms with Gasteiger partial charge in [0.2, 0.25) is 17.7 Å². The zero-order chi connectivity index (χ0) is 19.3. The number of hydrogen-bond acceptors (Lipinski definition) is 3. The molecule has 0 aromatic heterocycles. The smallest absolute Gasteiger partial charge is 0.223 e. The molecule has 1 aromatic rings. The van der Waals surface area contributed by atoms with Crippen molar-refractivity contribution in [2.75, 3.05) is 26.2 Å². The molecular formula is C18H23F2N3O3. The quantitative estimate of drug-likeness (QED) is 0.860.